The summed E-state index contributed by atoms with van der Waals surface area (Å²) in [5.74, 6) is 1.86. The Morgan fingerprint density at radius 3 is 2.51 bits per heavy atom. The minimum atomic E-state index is 0.0438. The molecule has 4 heterocycles. The van der Waals surface area contributed by atoms with Gasteiger partial charge in [0.25, 0.3) is 11.8 Å². The Hall–Kier alpha value is -3.68. The van der Waals surface area contributed by atoms with E-state index in [1.807, 2.05) is 47.5 Å². The number of carbonyl (C=O) groups excluding carboxylic acids is 2. The molecule has 0 N–H and O–H groups in total. The predicted octanol–water partition coefficient (Wildman–Crippen LogP) is 3.82. The SMILES string of the molecule is COc1cccc(C(=O)N2CCC([C@H]3CCCCN3C(=O)c3ccc(-n4cccn4)nc3)CC2)c1. The van der Waals surface area contributed by atoms with Crippen molar-refractivity contribution in [1.29, 1.82) is 0 Å². The van der Waals surface area contributed by atoms with Crippen molar-refractivity contribution in [3.05, 3.63) is 72.2 Å². The Labute approximate surface area is 205 Å². The monoisotopic (exact) mass is 473 g/mol. The van der Waals surface area contributed by atoms with Crippen molar-refractivity contribution < 1.29 is 14.3 Å². The van der Waals surface area contributed by atoms with Crippen LogP contribution in [0.15, 0.2) is 61.1 Å². The third kappa shape index (κ3) is 4.92. The molecule has 35 heavy (non-hydrogen) atoms. The summed E-state index contributed by atoms with van der Waals surface area (Å²) >= 11 is 0. The van der Waals surface area contributed by atoms with Gasteiger partial charge in [-0.2, -0.15) is 5.10 Å². The van der Waals surface area contributed by atoms with Gasteiger partial charge in [-0.15, -0.1) is 0 Å². The van der Waals surface area contributed by atoms with E-state index < -0.39 is 0 Å². The summed E-state index contributed by atoms with van der Waals surface area (Å²) in [6.07, 6.45) is 10.2. The highest BCUT2D eigenvalue weighted by molar-refractivity contribution is 5.95. The third-order valence-electron chi connectivity index (χ3n) is 7.23. The Kier molecular flexibility index (Phi) is 6.79. The van der Waals surface area contributed by atoms with Crippen molar-refractivity contribution in [1.82, 2.24) is 24.6 Å². The molecule has 2 fully saturated rings. The molecule has 2 saturated heterocycles. The van der Waals surface area contributed by atoms with Crippen molar-refractivity contribution >= 4 is 11.8 Å². The second-order valence-corrected chi connectivity index (χ2v) is 9.28. The van der Waals surface area contributed by atoms with Gasteiger partial charge in [0.2, 0.25) is 0 Å². The average molecular weight is 474 g/mol. The van der Waals surface area contributed by atoms with Crippen LogP contribution in [0.3, 0.4) is 0 Å². The van der Waals surface area contributed by atoms with E-state index >= 15 is 0 Å². The number of benzene rings is 1. The first-order chi connectivity index (χ1) is 17.1. The molecule has 0 bridgehead atoms. The molecule has 0 aliphatic carbocycles. The molecule has 1 atom stereocenters. The van der Waals surface area contributed by atoms with Crippen molar-refractivity contribution in [2.45, 2.75) is 38.1 Å². The molecule has 8 nitrogen and oxygen atoms in total. The molecule has 5 rings (SSSR count). The molecule has 1 aromatic carbocycles. The average Bonchev–Trinajstić information content (AvgIpc) is 3.48. The van der Waals surface area contributed by atoms with Crippen LogP contribution in [0.25, 0.3) is 5.82 Å². The lowest BCUT2D eigenvalue weighted by molar-refractivity contribution is 0.0374. The first kappa shape index (κ1) is 23.1. The van der Waals surface area contributed by atoms with Gasteiger partial charge in [-0.05, 0) is 74.4 Å². The molecule has 0 unspecified atom stereocenters. The largest absolute Gasteiger partial charge is 0.497 e. The van der Waals surface area contributed by atoms with E-state index in [0.717, 1.165) is 38.6 Å². The van der Waals surface area contributed by atoms with Gasteiger partial charge < -0.3 is 14.5 Å². The molecule has 2 amide bonds. The summed E-state index contributed by atoms with van der Waals surface area (Å²) in [4.78, 5) is 34.9. The maximum absolute atomic E-state index is 13.5. The van der Waals surface area contributed by atoms with E-state index in [4.69, 9.17) is 4.74 Å². The molecule has 0 radical (unpaired) electrons. The minimum Gasteiger partial charge on any atom is -0.497 e. The number of methoxy groups -OCH3 is 1. The number of ether oxygens (including phenoxy) is 1. The predicted molar refractivity (Wildman–Crippen MR) is 132 cm³/mol. The first-order valence-electron chi connectivity index (χ1n) is 12.3. The Bertz CT molecular complexity index is 1150. The zero-order chi connectivity index (χ0) is 24.2. The van der Waals surface area contributed by atoms with Crippen LogP contribution < -0.4 is 4.74 Å². The van der Waals surface area contributed by atoms with Gasteiger partial charge in [-0.25, -0.2) is 9.67 Å². The first-order valence-corrected chi connectivity index (χ1v) is 12.3. The van der Waals surface area contributed by atoms with E-state index in [2.05, 4.69) is 15.0 Å². The van der Waals surface area contributed by atoms with Gasteiger partial charge in [-0.3, -0.25) is 9.59 Å². The van der Waals surface area contributed by atoms with Gasteiger partial charge in [0.1, 0.15) is 5.75 Å². The van der Waals surface area contributed by atoms with Crippen LogP contribution in [-0.2, 0) is 0 Å². The van der Waals surface area contributed by atoms with E-state index in [1.165, 1.54) is 0 Å². The van der Waals surface area contributed by atoms with Gasteiger partial charge >= 0.3 is 0 Å². The smallest absolute Gasteiger partial charge is 0.255 e. The fourth-order valence-electron chi connectivity index (χ4n) is 5.34. The van der Waals surface area contributed by atoms with E-state index in [9.17, 15) is 9.59 Å². The molecular formula is C27H31N5O3. The van der Waals surface area contributed by atoms with Crippen LogP contribution in [0.1, 0.15) is 52.8 Å². The van der Waals surface area contributed by atoms with Crippen molar-refractivity contribution in [2.24, 2.45) is 5.92 Å². The Morgan fingerprint density at radius 2 is 1.80 bits per heavy atom. The van der Waals surface area contributed by atoms with E-state index in [0.29, 0.717) is 41.7 Å². The number of rotatable bonds is 5. The molecule has 2 aliphatic rings. The van der Waals surface area contributed by atoms with Crippen LogP contribution in [0, 0.1) is 5.92 Å². The van der Waals surface area contributed by atoms with Crippen LogP contribution in [0.2, 0.25) is 0 Å². The lowest BCUT2D eigenvalue weighted by Crippen LogP contribution is -2.51. The number of aromatic nitrogens is 3. The number of pyridine rings is 1. The minimum absolute atomic E-state index is 0.0438. The lowest BCUT2D eigenvalue weighted by atomic mass is 9.83. The van der Waals surface area contributed by atoms with Crippen LogP contribution in [-0.4, -0.2) is 69.2 Å². The normalized spacial score (nSPS) is 18.9. The van der Waals surface area contributed by atoms with E-state index in [-0.39, 0.29) is 17.9 Å². The number of amides is 2. The van der Waals surface area contributed by atoms with Crippen molar-refractivity contribution in [2.75, 3.05) is 26.7 Å². The number of piperidine rings is 2. The third-order valence-corrected chi connectivity index (χ3v) is 7.23. The second kappa shape index (κ2) is 10.3. The van der Waals surface area contributed by atoms with E-state index in [1.54, 1.807) is 30.3 Å². The van der Waals surface area contributed by atoms with Crippen molar-refractivity contribution in [3.8, 4) is 11.6 Å². The number of carbonyl (C=O) groups is 2. The summed E-state index contributed by atoms with van der Waals surface area (Å²) in [5, 5.41) is 4.20. The summed E-state index contributed by atoms with van der Waals surface area (Å²) in [6.45, 7) is 2.19. The molecule has 0 saturated carbocycles. The number of hydrogen-bond acceptors (Lipinski definition) is 5. The molecule has 2 aromatic heterocycles. The Balaban J connectivity index is 1.24. The van der Waals surface area contributed by atoms with Crippen LogP contribution >= 0.6 is 0 Å². The summed E-state index contributed by atoms with van der Waals surface area (Å²) in [5.41, 5.74) is 1.27. The highest BCUT2D eigenvalue weighted by Gasteiger charge is 2.36. The molecule has 3 aromatic rings. The maximum atomic E-state index is 13.5. The second-order valence-electron chi connectivity index (χ2n) is 9.28. The highest BCUT2D eigenvalue weighted by Crippen LogP contribution is 2.32. The van der Waals surface area contributed by atoms with Crippen LogP contribution in [0.4, 0.5) is 0 Å². The molecular weight excluding hydrogens is 442 g/mol. The number of likely N-dealkylation sites (tertiary alicyclic amines) is 2. The number of hydrogen-bond donors (Lipinski definition) is 0. The highest BCUT2D eigenvalue weighted by atomic mass is 16.5. The summed E-state index contributed by atoms with van der Waals surface area (Å²) in [7, 11) is 1.61. The lowest BCUT2D eigenvalue weighted by Gasteiger charge is -2.43. The topological polar surface area (TPSA) is 80.6 Å². The molecule has 2 aliphatic heterocycles. The van der Waals surface area contributed by atoms with Gasteiger partial charge in [0.05, 0.1) is 12.7 Å². The maximum Gasteiger partial charge on any atom is 0.255 e. The Morgan fingerprint density at radius 1 is 0.943 bits per heavy atom. The molecule has 182 valence electrons. The summed E-state index contributed by atoms with van der Waals surface area (Å²) < 4.78 is 6.95. The van der Waals surface area contributed by atoms with Gasteiger partial charge in [0.15, 0.2) is 5.82 Å². The zero-order valence-electron chi connectivity index (χ0n) is 20.0. The standard InChI is InChI=1S/C27H31N5O3/c1-35-23-7-4-6-21(18-23)26(33)30-16-11-20(12-17-30)24-8-2-3-14-31(24)27(34)22-9-10-25(28-19-22)32-15-5-13-29-32/h4-7,9-10,13,15,18-20,24H,2-3,8,11-12,14,16-17H2,1H3/t24-/m1/s1. The number of nitrogens with zero attached hydrogens (tertiary/aromatic N) is 5. The van der Waals surface area contributed by atoms with Crippen LogP contribution in [0.5, 0.6) is 5.75 Å². The summed E-state index contributed by atoms with van der Waals surface area (Å²) in [6, 6.07) is 13.0. The van der Waals surface area contributed by atoms with Crippen molar-refractivity contribution in [3.63, 3.8) is 0 Å². The molecule has 8 heteroatoms. The fourth-order valence-corrected chi connectivity index (χ4v) is 5.34. The van der Waals surface area contributed by atoms with Gasteiger partial charge in [0, 0.05) is 49.8 Å². The molecule has 0 spiro atoms. The quantitative estimate of drug-likeness (QED) is 0.563. The zero-order valence-corrected chi connectivity index (χ0v) is 20.0. The van der Waals surface area contributed by atoms with Gasteiger partial charge in [-0.1, -0.05) is 6.07 Å². The fraction of sp³-hybridized carbons (Fsp3) is 0.407.